The van der Waals surface area contributed by atoms with E-state index < -0.39 is 17.9 Å². The molecular weight excluding hydrogens is 250 g/mol. The lowest BCUT2D eigenvalue weighted by molar-refractivity contribution is -0.154. The fourth-order valence-electron chi connectivity index (χ4n) is 2.81. The number of ether oxygens (including phenoxy) is 2. The molecule has 1 saturated carbocycles. The van der Waals surface area contributed by atoms with E-state index in [2.05, 4.69) is 0 Å². The number of nitrogens with zero attached hydrogens (tertiary/aromatic N) is 1. The molecule has 3 atom stereocenters. The van der Waals surface area contributed by atoms with Gasteiger partial charge in [0.25, 0.3) is 0 Å². The van der Waals surface area contributed by atoms with E-state index in [-0.39, 0.29) is 11.9 Å². The Balaban J connectivity index is 2.02. The maximum atomic E-state index is 12.4. The lowest BCUT2D eigenvalue weighted by atomic mass is 9.94. The molecule has 1 N–H and O–H groups in total. The molecule has 0 unspecified atom stereocenters. The molecule has 2 aliphatic rings. The van der Waals surface area contributed by atoms with Gasteiger partial charge in [0.15, 0.2) is 0 Å². The third-order valence-corrected chi connectivity index (χ3v) is 3.77. The summed E-state index contributed by atoms with van der Waals surface area (Å²) in [5.41, 5.74) is 0. The fourth-order valence-corrected chi connectivity index (χ4v) is 2.81. The number of aliphatic hydroxyl groups excluding tert-OH is 1. The molecule has 2 rings (SSSR count). The van der Waals surface area contributed by atoms with Crippen molar-refractivity contribution in [1.29, 1.82) is 0 Å². The number of rotatable bonds is 3. The number of aliphatic hydroxyl groups is 1. The van der Waals surface area contributed by atoms with Crippen LogP contribution in [0.5, 0.6) is 0 Å². The number of carbonyl (C=O) groups is 2. The highest BCUT2D eigenvalue weighted by atomic mass is 16.5. The zero-order valence-electron chi connectivity index (χ0n) is 11.2. The number of morpholine rings is 1. The van der Waals surface area contributed by atoms with E-state index >= 15 is 0 Å². The van der Waals surface area contributed by atoms with Crippen molar-refractivity contribution in [2.45, 2.75) is 25.9 Å². The molecule has 0 spiro atoms. The molecule has 19 heavy (non-hydrogen) atoms. The van der Waals surface area contributed by atoms with Crippen LogP contribution < -0.4 is 0 Å². The summed E-state index contributed by atoms with van der Waals surface area (Å²) in [5, 5.41) is 9.73. The van der Waals surface area contributed by atoms with E-state index in [4.69, 9.17) is 9.47 Å². The van der Waals surface area contributed by atoms with Gasteiger partial charge in [0.1, 0.15) is 0 Å². The van der Waals surface area contributed by atoms with Crippen LogP contribution in [0.3, 0.4) is 0 Å². The minimum absolute atomic E-state index is 0.0575. The Morgan fingerprint density at radius 2 is 1.89 bits per heavy atom. The van der Waals surface area contributed by atoms with Gasteiger partial charge in [-0.3, -0.25) is 9.59 Å². The van der Waals surface area contributed by atoms with Gasteiger partial charge in [-0.15, -0.1) is 0 Å². The lowest BCUT2D eigenvalue weighted by Crippen LogP contribution is -2.45. The van der Waals surface area contributed by atoms with Crippen LogP contribution in [-0.4, -0.2) is 60.9 Å². The minimum Gasteiger partial charge on any atom is -0.466 e. The highest BCUT2D eigenvalue weighted by Gasteiger charge is 2.44. The molecule has 0 radical (unpaired) electrons. The van der Waals surface area contributed by atoms with E-state index in [1.54, 1.807) is 11.8 Å². The predicted molar refractivity (Wildman–Crippen MR) is 66.3 cm³/mol. The second kappa shape index (κ2) is 6.34. The third-order valence-electron chi connectivity index (χ3n) is 3.77. The Bertz CT molecular complexity index is 340. The lowest BCUT2D eigenvalue weighted by Gasteiger charge is -2.30. The summed E-state index contributed by atoms with van der Waals surface area (Å²) in [4.78, 5) is 26.0. The number of esters is 1. The van der Waals surface area contributed by atoms with Crippen LogP contribution in [0.2, 0.25) is 0 Å². The number of amides is 1. The summed E-state index contributed by atoms with van der Waals surface area (Å²) in [6.07, 6.45) is 0.0728. The van der Waals surface area contributed by atoms with Crippen LogP contribution in [0.1, 0.15) is 19.8 Å². The molecule has 1 aliphatic carbocycles. The first kappa shape index (κ1) is 14.3. The standard InChI is InChI=1S/C13H21NO5/c1-2-19-13(17)11-8-9(15)7-10(11)12(16)14-3-5-18-6-4-14/h9-11,15H,2-8H2,1H3/t9-,10-,11-/m1/s1. The summed E-state index contributed by atoms with van der Waals surface area (Å²) in [7, 11) is 0. The van der Waals surface area contributed by atoms with Crippen LogP contribution in [0.25, 0.3) is 0 Å². The zero-order chi connectivity index (χ0) is 13.8. The van der Waals surface area contributed by atoms with E-state index in [0.29, 0.717) is 45.8 Å². The molecule has 1 heterocycles. The van der Waals surface area contributed by atoms with Gasteiger partial charge >= 0.3 is 5.97 Å². The van der Waals surface area contributed by atoms with Gasteiger partial charge in [-0.1, -0.05) is 0 Å². The van der Waals surface area contributed by atoms with Crippen LogP contribution >= 0.6 is 0 Å². The first-order chi connectivity index (χ1) is 9.13. The summed E-state index contributed by atoms with van der Waals surface area (Å²) in [6.45, 7) is 4.21. The van der Waals surface area contributed by atoms with Crippen LogP contribution in [0.15, 0.2) is 0 Å². The van der Waals surface area contributed by atoms with E-state index in [1.807, 2.05) is 0 Å². The summed E-state index contributed by atoms with van der Waals surface area (Å²) in [6, 6.07) is 0. The van der Waals surface area contributed by atoms with E-state index in [9.17, 15) is 14.7 Å². The van der Waals surface area contributed by atoms with Crippen LogP contribution in [-0.2, 0) is 19.1 Å². The monoisotopic (exact) mass is 271 g/mol. The van der Waals surface area contributed by atoms with Crippen molar-refractivity contribution in [3.8, 4) is 0 Å². The van der Waals surface area contributed by atoms with Crippen LogP contribution in [0, 0.1) is 11.8 Å². The quantitative estimate of drug-likeness (QED) is 0.719. The van der Waals surface area contributed by atoms with Gasteiger partial charge in [-0.25, -0.2) is 0 Å². The van der Waals surface area contributed by atoms with E-state index in [0.717, 1.165) is 0 Å². The second-order valence-electron chi connectivity index (χ2n) is 5.03. The maximum absolute atomic E-state index is 12.4. The molecule has 0 aromatic heterocycles. The van der Waals surface area contributed by atoms with Gasteiger partial charge in [-0.05, 0) is 19.8 Å². The first-order valence-electron chi connectivity index (χ1n) is 6.84. The highest BCUT2D eigenvalue weighted by molar-refractivity contribution is 5.86. The van der Waals surface area contributed by atoms with Crippen molar-refractivity contribution >= 4 is 11.9 Å². The SMILES string of the molecule is CCOC(=O)[C@@H]1C[C@H](O)C[C@H]1C(=O)N1CCOCC1. The molecule has 0 aromatic rings. The average Bonchev–Trinajstić information content (AvgIpc) is 2.81. The Hall–Kier alpha value is -1.14. The topological polar surface area (TPSA) is 76.1 Å². The second-order valence-corrected chi connectivity index (χ2v) is 5.03. The Morgan fingerprint density at radius 1 is 1.26 bits per heavy atom. The smallest absolute Gasteiger partial charge is 0.309 e. The van der Waals surface area contributed by atoms with Crippen molar-refractivity contribution in [3.05, 3.63) is 0 Å². The zero-order valence-corrected chi connectivity index (χ0v) is 11.2. The van der Waals surface area contributed by atoms with Gasteiger partial charge in [0, 0.05) is 13.1 Å². The minimum atomic E-state index is -0.593. The molecule has 6 heteroatoms. The fraction of sp³-hybridized carbons (Fsp3) is 0.846. The van der Waals surface area contributed by atoms with Gasteiger partial charge < -0.3 is 19.5 Å². The van der Waals surface area contributed by atoms with Crippen molar-refractivity contribution in [2.24, 2.45) is 11.8 Å². The van der Waals surface area contributed by atoms with Crippen molar-refractivity contribution < 1.29 is 24.2 Å². The van der Waals surface area contributed by atoms with Gasteiger partial charge in [0.05, 0.1) is 37.8 Å². The Morgan fingerprint density at radius 3 is 2.53 bits per heavy atom. The molecule has 0 aromatic carbocycles. The van der Waals surface area contributed by atoms with Crippen molar-refractivity contribution in [3.63, 3.8) is 0 Å². The average molecular weight is 271 g/mol. The normalized spacial score (nSPS) is 31.3. The Labute approximate surface area is 112 Å². The van der Waals surface area contributed by atoms with Crippen LogP contribution in [0.4, 0.5) is 0 Å². The number of hydrogen-bond donors (Lipinski definition) is 1. The van der Waals surface area contributed by atoms with Crippen molar-refractivity contribution in [1.82, 2.24) is 4.90 Å². The molecule has 108 valence electrons. The van der Waals surface area contributed by atoms with E-state index in [1.165, 1.54) is 0 Å². The molecule has 1 amide bonds. The molecule has 6 nitrogen and oxygen atoms in total. The predicted octanol–water partition coefficient (Wildman–Crippen LogP) is -0.205. The van der Waals surface area contributed by atoms with Gasteiger partial charge in [-0.2, -0.15) is 0 Å². The summed E-state index contributed by atoms with van der Waals surface area (Å²) < 4.78 is 10.2. The summed E-state index contributed by atoms with van der Waals surface area (Å²) >= 11 is 0. The highest BCUT2D eigenvalue weighted by Crippen LogP contribution is 2.34. The first-order valence-corrected chi connectivity index (χ1v) is 6.84. The molecule has 2 fully saturated rings. The molecule has 1 saturated heterocycles. The summed E-state index contributed by atoms with van der Waals surface area (Å²) in [5.74, 6) is -1.39. The largest absolute Gasteiger partial charge is 0.466 e. The van der Waals surface area contributed by atoms with Gasteiger partial charge in [0.2, 0.25) is 5.91 Å². The maximum Gasteiger partial charge on any atom is 0.309 e. The third kappa shape index (κ3) is 3.25. The Kier molecular flexibility index (Phi) is 4.76. The number of carbonyl (C=O) groups excluding carboxylic acids is 2. The molecule has 0 bridgehead atoms. The molecule has 1 aliphatic heterocycles. The molecular formula is C13H21NO5. The van der Waals surface area contributed by atoms with Crippen molar-refractivity contribution in [2.75, 3.05) is 32.9 Å². The number of hydrogen-bond acceptors (Lipinski definition) is 5.